The molecule has 27 heavy (non-hydrogen) atoms. The molecule has 1 amide bonds. The lowest BCUT2D eigenvalue weighted by Crippen LogP contribution is -2.26. The lowest BCUT2D eigenvalue weighted by molar-refractivity contribution is -0.141. The maximum absolute atomic E-state index is 12.5. The number of amides is 1. The van der Waals surface area contributed by atoms with Crippen LogP contribution in [0.5, 0.6) is 11.5 Å². The van der Waals surface area contributed by atoms with Crippen LogP contribution in [0.25, 0.3) is 6.08 Å². The van der Waals surface area contributed by atoms with Crippen LogP contribution < -0.4 is 14.8 Å². The van der Waals surface area contributed by atoms with Crippen molar-refractivity contribution in [2.45, 2.75) is 20.5 Å². The first-order valence-electron chi connectivity index (χ1n) is 8.37. The van der Waals surface area contributed by atoms with Gasteiger partial charge in [-0.15, -0.1) is 0 Å². The quantitative estimate of drug-likeness (QED) is 0.599. The first kappa shape index (κ1) is 20.0. The molecule has 142 valence electrons. The lowest BCUT2D eigenvalue weighted by Gasteiger charge is -2.14. The molecule has 0 radical (unpaired) electrons. The molecule has 6 nitrogen and oxygen atoms in total. The summed E-state index contributed by atoms with van der Waals surface area (Å²) in [6.45, 7) is 3.26. The van der Waals surface area contributed by atoms with Gasteiger partial charge in [0.25, 0.3) is 0 Å². The summed E-state index contributed by atoms with van der Waals surface area (Å²) >= 11 is 0. The van der Waals surface area contributed by atoms with Crippen LogP contribution in [0.4, 0.5) is 0 Å². The molecule has 0 unspecified atom stereocenters. The largest absolute Gasteiger partial charge is 0.493 e. The van der Waals surface area contributed by atoms with E-state index in [1.54, 1.807) is 26.4 Å². The molecule has 0 spiro atoms. The molecule has 0 aliphatic heterocycles. The summed E-state index contributed by atoms with van der Waals surface area (Å²) in [7, 11) is 3.10. The molecule has 0 heterocycles. The Labute approximate surface area is 158 Å². The van der Waals surface area contributed by atoms with E-state index >= 15 is 0 Å². The average Bonchev–Trinajstić information content (AvgIpc) is 2.66. The SMILES string of the molecule is COc1cc(C)c(COC(=O)/C(=C/c2ccccc2)NC(C)=O)cc1OC. The van der Waals surface area contributed by atoms with E-state index in [0.717, 1.165) is 16.7 Å². The number of ether oxygens (including phenoxy) is 3. The van der Waals surface area contributed by atoms with Crippen LogP contribution in [0.3, 0.4) is 0 Å². The molecule has 0 aliphatic carbocycles. The first-order chi connectivity index (χ1) is 12.9. The number of carbonyl (C=O) groups excluding carboxylic acids is 2. The van der Waals surface area contributed by atoms with Gasteiger partial charge in [-0.3, -0.25) is 4.79 Å². The van der Waals surface area contributed by atoms with Crippen molar-refractivity contribution in [3.8, 4) is 11.5 Å². The zero-order valence-electron chi connectivity index (χ0n) is 15.9. The van der Waals surface area contributed by atoms with Gasteiger partial charge >= 0.3 is 5.97 Å². The van der Waals surface area contributed by atoms with Crippen molar-refractivity contribution in [2.24, 2.45) is 0 Å². The number of hydrogen-bond acceptors (Lipinski definition) is 5. The molecule has 2 aromatic rings. The zero-order valence-corrected chi connectivity index (χ0v) is 15.9. The maximum atomic E-state index is 12.5. The Morgan fingerprint density at radius 3 is 2.26 bits per heavy atom. The van der Waals surface area contributed by atoms with Gasteiger partial charge in [-0.1, -0.05) is 30.3 Å². The maximum Gasteiger partial charge on any atom is 0.355 e. The normalized spacial score (nSPS) is 10.9. The third kappa shape index (κ3) is 5.60. The number of rotatable bonds is 7. The Bertz CT molecular complexity index is 843. The zero-order chi connectivity index (χ0) is 19.8. The van der Waals surface area contributed by atoms with Crippen molar-refractivity contribution >= 4 is 18.0 Å². The van der Waals surface area contributed by atoms with Crippen LogP contribution in [-0.4, -0.2) is 26.1 Å². The van der Waals surface area contributed by atoms with Crippen molar-refractivity contribution in [3.63, 3.8) is 0 Å². The minimum Gasteiger partial charge on any atom is -0.493 e. The third-order valence-corrected chi connectivity index (χ3v) is 3.84. The Kier molecular flexibility index (Phi) is 7.00. The van der Waals surface area contributed by atoms with Gasteiger partial charge in [0.1, 0.15) is 12.3 Å². The Morgan fingerprint density at radius 2 is 1.67 bits per heavy atom. The van der Waals surface area contributed by atoms with Crippen LogP contribution >= 0.6 is 0 Å². The molecular formula is C21H23NO5. The van der Waals surface area contributed by atoms with Crippen LogP contribution in [0.2, 0.25) is 0 Å². The topological polar surface area (TPSA) is 73.9 Å². The molecule has 2 rings (SSSR count). The van der Waals surface area contributed by atoms with Gasteiger partial charge in [-0.05, 0) is 41.8 Å². The third-order valence-electron chi connectivity index (χ3n) is 3.84. The number of carbonyl (C=O) groups is 2. The molecule has 1 N–H and O–H groups in total. The number of aryl methyl sites for hydroxylation is 1. The minimum atomic E-state index is -0.622. The van der Waals surface area contributed by atoms with E-state index in [-0.39, 0.29) is 18.2 Å². The van der Waals surface area contributed by atoms with Gasteiger partial charge in [-0.25, -0.2) is 4.79 Å². The van der Waals surface area contributed by atoms with E-state index in [4.69, 9.17) is 14.2 Å². The van der Waals surface area contributed by atoms with Gasteiger partial charge in [0, 0.05) is 6.92 Å². The lowest BCUT2D eigenvalue weighted by atomic mass is 10.1. The molecule has 0 bridgehead atoms. The highest BCUT2D eigenvalue weighted by Crippen LogP contribution is 2.30. The number of benzene rings is 2. The first-order valence-corrected chi connectivity index (χ1v) is 8.37. The minimum absolute atomic E-state index is 0.0384. The van der Waals surface area contributed by atoms with Crippen molar-refractivity contribution < 1.29 is 23.8 Å². The predicted molar refractivity (Wildman–Crippen MR) is 102 cm³/mol. The molecule has 6 heteroatoms. The molecule has 0 saturated carbocycles. The highest BCUT2D eigenvalue weighted by atomic mass is 16.5. The summed E-state index contributed by atoms with van der Waals surface area (Å²) in [5.74, 6) is 0.184. The average molecular weight is 369 g/mol. The number of esters is 1. The Hall–Kier alpha value is -3.28. The summed E-state index contributed by atoms with van der Waals surface area (Å²) in [5.41, 5.74) is 2.53. The van der Waals surface area contributed by atoms with Gasteiger partial charge < -0.3 is 19.5 Å². The summed E-state index contributed by atoms with van der Waals surface area (Å²) < 4.78 is 15.9. The van der Waals surface area contributed by atoms with Gasteiger partial charge in [0.05, 0.1) is 14.2 Å². The smallest absolute Gasteiger partial charge is 0.355 e. The second kappa shape index (κ2) is 9.43. The van der Waals surface area contributed by atoms with E-state index in [0.29, 0.717) is 11.5 Å². The monoisotopic (exact) mass is 369 g/mol. The number of hydrogen-bond donors (Lipinski definition) is 1. The fourth-order valence-corrected chi connectivity index (χ4v) is 2.45. The highest BCUT2D eigenvalue weighted by Gasteiger charge is 2.15. The van der Waals surface area contributed by atoms with Crippen LogP contribution in [0.15, 0.2) is 48.2 Å². The standard InChI is InChI=1S/C21H23NO5/c1-14-10-19(25-3)20(26-4)12-17(14)13-27-21(24)18(22-15(2)23)11-16-8-6-5-7-9-16/h5-12H,13H2,1-4H3,(H,22,23)/b18-11-. The van der Waals surface area contributed by atoms with Crippen LogP contribution in [0.1, 0.15) is 23.6 Å². The van der Waals surface area contributed by atoms with E-state index in [1.165, 1.54) is 6.92 Å². The summed E-state index contributed by atoms with van der Waals surface area (Å²) in [6, 6.07) is 12.8. The fourth-order valence-electron chi connectivity index (χ4n) is 2.45. The van der Waals surface area contributed by atoms with E-state index in [1.807, 2.05) is 43.3 Å². The van der Waals surface area contributed by atoms with Crippen molar-refractivity contribution in [1.29, 1.82) is 0 Å². The van der Waals surface area contributed by atoms with Crippen molar-refractivity contribution in [3.05, 3.63) is 64.9 Å². The van der Waals surface area contributed by atoms with Crippen molar-refractivity contribution in [1.82, 2.24) is 5.32 Å². The summed E-state index contributed by atoms with van der Waals surface area (Å²) in [5, 5.41) is 2.52. The van der Waals surface area contributed by atoms with E-state index < -0.39 is 5.97 Å². The molecule has 0 aromatic heterocycles. The molecule has 0 aliphatic rings. The fraction of sp³-hybridized carbons (Fsp3) is 0.238. The van der Waals surface area contributed by atoms with E-state index in [2.05, 4.69) is 5.32 Å². The van der Waals surface area contributed by atoms with Gasteiger partial charge in [0.2, 0.25) is 5.91 Å². The van der Waals surface area contributed by atoms with Crippen molar-refractivity contribution in [2.75, 3.05) is 14.2 Å². The number of nitrogens with one attached hydrogen (secondary N) is 1. The second-order valence-electron chi connectivity index (χ2n) is 5.86. The molecule has 0 saturated heterocycles. The van der Waals surface area contributed by atoms with Gasteiger partial charge in [0.15, 0.2) is 11.5 Å². The van der Waals surface area contributed by atoms with E-state index in [9.17, 15) is 9.59 Å². The molecule has 2 aromatic carbocycles. The second-order valence-corrected chi connectivity index (χ2v) is 5.86. The Balaban J connectivity index is 2.18. The predicted octanol–water partition coefficient (Wildman–Crippen LogP) is 3.23. The van der Waals surface area contributed by atoms with Crippen LogP contribution in [0, 0.1) is 6.92 Å². The summed E-state index contributed by atoms with van der Waals surface area (Å²) in [4.78, 5) is 23.9. The highest BCUT2D eigenvalue weighted by molar-refractivity contribution is 5.97. The molecule has 0 fully saturated rings. The number of methoxy groups -OCH3 is 2. The van der Waals surface area contributed by atoms with Gasteiger partial charge in [-0.2, -0.15) is 0 Å². The Morgan fingerprint density at radius 1 is 1.04 bits per heavy atom. The molecular weight excluding hydrogens is 346 g/mol. The molecule has 0 atom stereocenters. The summed E-state index contributed by atoms with van der Waals surface area (Å²) in [6.07, 6.45) is 1.57. The van der Waals surface area contributed by atoms with Crippen LogP contribution in [-0.2, 0) is 20.9 Å².